The van der Waals surface area contributed by atoms with Crippen molar-refractivity contribution in [2.45, 2.75) is 20.3 Å². The van der Waals surface area contributed by atoms with E-state index in [0.717, 1.165) is 0 Å². The van der Waals surface area contributed by atoms with Gasteiger partial charge in [-0.3, -0.25) is 9.59 Å². The first-order chi connectivity index (χ1) is 8.47. The van der Waals surface area contributed by atoms with Crippen molar-refractivity contribution < 1.29 is 9.59 Å². The summed E-state index contributed by atoms with van der Waals surface area (Å²) < 4.78 is 0. The highest BCUT2D eigenvalue weighted by Crippen LogP contribution is 2.43. The van der Waals surface area contributed by atoms with E-state index in [1.54, 1.807) is 18.2 Å². The third-order valence-electron chi connectivity index (χ3n) is 3.77. The van der Waals surface area contributed by atoms with Crippen LogP contribution >= 0.6 is 0 Å². The van der Waals surface area contributed by atoms with Gasteiger partial charge in [0.25, 0.3) is 0 Å². The molecule has 1 fully saturated rings. The molecule has 94 valence electrons. The van der Waals surface area contributed by atoms with Crippen LogP contribution in [0.15, 0.2) is 43.0 Å². The molecule has 2 nitrogen and oxygen atoms in total. The Morgan fingerprint density at radius 1 is 1.33 bits per heavy atom. The summed E-state index contributed by atoms with van der Waals surface area (Å²) in [6.45, 7) is 7.58. The van der Waals surface area contributed by atoms with E-state index in [2.05, 4.69) is 6.58 Å². The van der Waals surface area contributed by atoms with E-state index >= 15 is 0 Å². The molecule has 2 heteroatoms. The minimum absolute atomic E-state index is 0.0415. The number of ketones is 2. The zero-order valence-electron chi connectivity index (χ0n) is 10.8. The van der Waals surface area contributed by atoms with Gasteiger partial charge in [-0.1, -0.05) is 50.3 Å². The second kappa shape index (κ2) is 4.52. The molecule has 1 saturated carbocycles. The zero-order chi connectivity index (χ0) is 13.3. The second-order valence-electron chi connectivity index (χ2n) is 5.56. The molecule has 18 heavy (non-hydrogen) atoms. The molecule has 0 saturated heterocycles. The van der Waals surface area contributed by atoms with Crippen molar-refractivity contribution in [1.82, 2.24) is 0 Å². The van der Waals surface area contributed by atoms with Crippen molar-refractivity contribution in [3.05, 3.63) is 48.6 Å². The van der Waals surface area contributed by atoms with Crippen LogP contribution in [0, 0.1) is 17.3 Å². The third kappa shape index (κ3) is 2.03. The Bertz CT molecular complexity index is 485. The van der Waals surface area contributed by atoms with Crippen molar-refractivity contribution >= 4 is 11.6 Å². The van der Waals surface area contributed by atoms with E-state index in [0.29, 0.717) is 12.0 Å². The minimum Gasteiger partial charge on any atom is -0.298 e. The summed E-state index contributed by atoms with van der Waals surface area (Å²) in [6.07, 6.45) is 2.46. The van der Waals surface area contributed by atoms with Crippen molar-refractivity contribution in [1.29, 1.82) is 0 Å². The molecule has 0 heterocycles. The average Bonchev–Trinajstić information content (AvgIpc) is 2.60. The van der Waals surface area contributed by atoms with Crippen LogP contribution in [0.4, 0.5) is 0 Å². The number of benzene rings is 1. The zero-order valence-corrected chi connectivity index (χ0v) is 10.8. The Hall–Kier alpha value is -1.70. The minimum atomic E-state index is -0.556. The van der Waals surface area contributed by atoms with Gasteiger partial charge in [-0.2, -0.15) is 0 Å². The molecule has 1 aliphatic carbocycles. The predicted octanol–water partition coefficient (Wildman–Crippen LogP) is 3.29. The topological polar surface area (TPSA) is 34.1 Å². The smallest absolute Gasteiger partial charge is 0.173 e. The Morgan fingerprint density at radius 3 is 2.50 bits per heavy atom. The summed E-state index contributed by atoms with van der Waals surface area (Å²) in [5.74, 6) is -0.627. The van der Waals surface area contributed by atoms with E-state index in [9.17, 15) is 9.59 Å². The highest BCUT2D eigenvalue weighted by molar-refractivity contribution is 6.13. The first-order valence-corrected chi connectivity index (χ1v) is 6.23. The molecule has 2 atom stereocenters. The van der Waals surface area contributed by atoms with Crippen molar-refractivity contribution in [3.8, 4) is 0 Å². The lowest BCUT2D eigenvalue weighted by Crippen LogP contribution is -2.28. The highest BCUT2D eigenvalue weighted by atomic mass is 16.2. The molecular weight excluding hydrogens is 224 g/mol. The van der Waals surface area contributed by atoms with Gasteiger partial charge in [0.05, 0.1) is 5.92 Å². The summed E-state index contributed by atoms with van der Waals surface area (Å²) in [4.78, 5) is 24.8. The largest absolute Gasteiger partial charge is 0.298 e. The fourth-order valence-electron chi connectivity index (χ4n) is 2.74. The molecule has 1 aromatic rings. The number of hydrogen-bond acceptors (Lipinski definition) is 2. The lowest BCUT2D eigenvalue weighted by Gasteiger charge is -2.15. The van der Waals surface area contributed by atoms with E-state index in [-0.39, 0.29) is 17.5 Å². The maximum absolute atomic E-state index is 12.4. The summed E-state index contributed by atoms with van der Waals surface area (Å²) in [7, 11) is 0. The monoisotopic (exact) mass is 242 g/mol. The third-order valence-corrected chi connectivity index (χ3v) is 3.77. The fourth-order valence-corrected chi connectivity index (χ4v) is 2.74. The maximum atomic E-state index is 12.4. The first-order valence-electron chi connectivity index (χ1n) is 6.23. The van der Waals surface area contributed by atoms with Gasteiger partial charge < -0.3 is 0 Å². The van der Waals surface area contributed by atoms with Crippen LogP contribution < -0.4 is 0 Å². The van der Waals surface area contributed by atoms with Crippen LogP contribution in [0.5, 0.6) is 0 Å². The molecule has 0 amide bonds. The quantitative estimate of drug-likeness (QED) is 0.463. The van der Waals surface area contributed by atoms with E-state index in [4.69, 9.17) is 0 Å². The van der Waals surface area contributed by atoms with Gasteiger partial charge in [-0.15, -0.1) is 6.58 Å². The molecule has 0 unspecified atom stereocenters. The van der Waals surface area contributed by atoms with Crippen molar-refractivity contribution in [3.63, 3.8) is 0 Å². The number of carbonyl (C=O) groups excluding carboxylic acids is 2. The van der Waals surface area contributed by atoms with Gasteiger partial charge in [0.1, 0.15) is 5.78 Å². The Kier molecular flexibility index (Phi) is 3.20. The first kappa shape index (κ1) is 12.7. The average molecular weight is 242 g/mol. The summed E-state index contributed by atoms with van der Waals surface area (Å²) >= 11 is 0. The van der Waals surface area contributed by atoms with Crippen LogP contribution in [0.1, 0.15) is 30.6 Å². The van der Waals surface area contributed by atoms with Crippen molar-refractivity contribution in [2.24, 2.45) is 17.3 Å². The van der Waals surface area contributed by atoms with Crippen LogP contribution in [-0.2, 0) is 4.79 Å². The van der Waals surface area contributed by atoms with Crippen LogP contribution in [0.3, 0.4) is 0 Å². The molecule has 0 aliphatic heterocycles. The molecule has 0 radical (unpaired) electrons. The van der Waals surface area contributed by atoms with Crippen LogP contribution in [-0.4, -0.2) is 11.6 Å². The SMILES string of the molecule is C=C[C@@H]1CC(C)(C)C(=O)[C@H]1C(=O)c1ccccc1. The van der Waals surface area contributed by atoms with Gasteiger partial charge in [0.15, 0.2) is 5.78 Å². The normalized spacial score (nSPS) is 26.0. The van der Waals surface area contributed by atoms with Gasteiger partial charge in [0, 0.05) is 11.0 Å². The summed E-state index contributed by atoms with van der Waals surface area (Å²) in [5.41, 5.74) is 0.189. The number of Topliss-reactive ketones (excluding diaryl/α,β-unsaturated/α-hetero) is 2. The lowest BCUT2D eigenvalue weighted by atomic mass is 9.86. The fraction of sp³-hybridized carbons (Fsp3) is 0.375. The molecule has 0 aromatic heterocycles. The lowest BCUT2D eigenvalue weighted by molar-refractivity contribution is -0.126. The van der Waals surface area contributed by atoms with E-state index in [1.165, 1.54) is 0 Å². The molecular formula is C16H18O2. The molecule has 0 bridgehead atoms. The number of hydrogen-bond donors (Lipinski definition) is 0. The molecule has 1 aliphatic rings. The van der Waals surface area contributed by atoms with Gasteiger partial charge in [-0.05, 0) is 12.3 Å². The molecule has 0 spiro atoms. The number of carbonyl (C=O) groups is 2. The standard InChI is InChI=1S/C16H18O2/c1-4-11-10-16(2,3)15(18)13(11)14(17)12-8-6-5-7-9-12/h4-9,11,13H,1,10H2,2-3H3/t11-,13-/m1/s1. The molecule has 0 N–H and O–H groups in total. The Labute approximate surface area is 108 Å². The summed E-state index contributed by atoms with van der Waals surface area (Å²) in [5, 5.41) is 0. The van der Waals surface area contributed by atoms with Gasteiger partial charge in [0.2, 0.25) is 0 Å². The number of allylic oxidation sites excluding steroid dienone is 1. The second-order valence-corrected chi connectivity index (χ2v) is 5.56. The Morgan fingerprint density at radius 2 is 1.94 bits per heavy atom. The Balaban J connectivity index is 2.35. The highest BCUT2D eigenvalue weighted by Gasteiger charge is 2.49. The summed E-state index contributed by atoms with van der Waals surface area (Å²) in [6, 6.07) is 9.03. The number of rotatable bonds is 3. The maximum Gasteiger partial charge on any atom is 0.173 e. The van der Waals surface area contributed by atoms with Crippen LogP contribution in [0.2, 0.25) is 0 Å². The van der Waals surface area contributed by atoms with E-state index in [1.807, 2.05) is 32.0 Å². The molecule has 2 rings (SSSR count). The van der Waals surface area contributed by atoms with Crippen LogP contribution in [0.25, 0.3) is 0 Å². The van der Waals surface area contributed by atoms with Gasteiger partial charge >= 0.3 is 0 Å². The molecule has 1 aromatic carbocycles. The predicted molar refractivity (Wildman–Crippen MR) is 71.4 cm³/mol. The van der Waals surface area contributed by atoms with E-state index < -0.39 is 11.3 Å². The van der Waals surface area contributed by atoms with Gasteiger partial charge in [-0.25, -0.2) is 0 Å². The van der Waals surface area contributed by atoms with Crippen molar-refractivity contribution in [2.75, 3.05) is 0 Å².